The Morgan fingerprint density at radius 1 is 1.35 bits per heavy atom. The highest BCUT2D eigenvalue weighted by Gasteiger charge is 2.31. The second kappa shape index (κ2) is 6.02. The minimum atomic E-state index is -3.50. The Bertz CT molecular complexity index is 588. The number of aliphatic hydroxyl groups excluding tert-OH is 1. The van der Waals surface area contributed by atoms with E-state index in [0.717, 1.165) is 6.42 Å². The molecule has 0 aliphatic carbocycles. The molecule has 1 aromatic carbocycles. The van der Waals surface area contributed by atoms with Crippen molar-refractivity contribution in [3.8, 4) is 0 Å². The van der Waals surface area contributed by atoms with E-state index in [1.807, 2.05) is 0 Å². The maximum absolute atomic E-state index is 12.6. The Labute approximate surface area is 125 Å². The summed E-state index contributed by atoms with van der Waals surface area (Å²) in [7, 11) is -3.50. The van der Waals surface area contributed by atoms with Gasteiger partial charge in [0.25, 0.3) is 0 Å². The highest BCUT2D eigenvalue weighted by Crippen LogP contribution is 2.28. The Morgan fingerprint density at radius 2 is 2.05 bits per heavy atom. The van der Waals surface area contributed by atoms with Gasteiger partial charge in [-0.1, -0.05) is 25.4 Å². The molecular weight excluding hydrogens is 298 g/mol. The van der Waals surface area contributed by atoms with Gasteiger partial charge in [0.2, 0.25) is 10.0 Å². The first-order chi connectivity index (χ1) is 9.36. The summed E-state index contributed by atoms with van der Waals surface area (Å²) in [5.41, 5.74) is 0.436. The first-order valence-corrected chi connectivity index (χ1v) is 8.57. The predicted octanol–water partition coefficient (Wildman–Crippen LogP) is 2.50. The normalized spacial score (nSPS) is 24.8. The SMILES string of the molecule is CC1CCN(S(=O)(=O)c2ccc(Cl)c(CO)c2)CC1C. The topological polar surface area (TPSA) is 57.6 Å². The number of nitrogens with zero attached hydrogens (tertiary/aromatic N) is 1. The molecular formula is C14H20ClNO3S. The highest BCUT2D eigenvalue weighted by atomic mass is 35.5. The number of hydrogen-bond acceptors (Lipinski definition) is 3. The molecule has 0 saturated carbocycles. The van der Waals surface area contributed by atoms with Crippen LogP contribution in [0.25, 0.3) is 0 Å². The molecule has 1 aliphatic heterocycles. The van der Waals surface area contributed by atoms with E-state index in [2.05, 4.69) is 13.8 Å². The summed E-state index contributed by atoms with van der Waals surface area (Å²) < 4.78 is 26.8. The minimum absolute atomic E-state index is 0.202. The Hall–Kier alpha value is -0.620. The first-order valence-electron chi connectivity index (χ1n) is 6.75. The van der Waals surface area contributed by atoms with Gasteiger partial charge in [-0.05, 0) is 42.0 Å². The lowest BCUT2D eigenvalue weighted by Crippen LogP contribution is -2.42. The third kappa shape index (κ3) is 3.01. The summed E-state index contributed by atoms with van der Waals surface area (Å²) >= 11 is 5.91. The maximum atomic E-state index is 12.6. The van der Waals surface area contributed by atoms with Crippen molar-refractivity contribution in [1.82, 2.24) is 4.31 Å². The van der Waals surface area contributed by atoms with Crippen LogP contribution in [0.3, 0.4) is 0 Å². The molecule has 1 N–H and O–H groups in total. The molecule has 2 atom stereocenters. The lowest BCUT2D eigenvalue weighted by Gasteiger charge is -2.34. The second-order valence-corrected chi connectivity index (χ2v) is 7.86. The van der Waals surface area contributed by atoms with Crippen LogP contribution in [0.2, 0.25) is 5.02 Å². The fourth-order valence-electron chi connectivity index (χ4n) is 2.42. The number of rotatable bonds is 3. The van der Waals surface area contributed by atoms with E-state index < -0.39 is 10.0 Å². The fraction of sp³-hybridized carbons (Fsp3) is 0.571. The Balaban J connectivity index is 2.31. The second-order valence-electron chi connectivity index (χ2n) is 5.52. The summed E-state index contributed by atoms with van der Waals surface area (Å²) in [6.07, 6.45) is 0.876. The predicted molar refractivity (Wildman–Crippen MR) is 79.1 cm³/mol. The van der Waals surface area contributed by atoms with E-state index in [1.165, 1.54) is 22.5 Å². The monoisotopic (exact) mass is 317 g/mol. The molecule has 6 heteroatoms. The van der Waals surface area contributed by atoms with Crippen LogP contribution in [-0.4, -0.2) is 30.9 Å². The standard InChI is InChI=1S/C14H20ClNO3S/c1-10-5-6-16(8-11(10)2)20(18,19)13-3-4-14(15)12(7-13)9-17/h3-4,7,10-11,17H,5-6,8-9H2,1-2H3. The summed E-state index contributed by atoms with van der Waals surface area (Å²) in [6, 6.07) is 4.48. The number of benzene rings is 1. The number of sulfonamides is 1. The van der Waals surface area contributed by atoms with Crippen molar-refractivity contribution in [2.24, 2.45) is 11.8 Å². The molecule has 1 fully saturated rings. The molecule has 0 radical (unpaired) electrons. The van der Waals surface area contributed by atoms with Gasteiger partial charge in [-0.2, -0.15) is 4.31 Å². The average Bonchev–Trinajstić information content (AvgIpc) is 2.42. The number of hydrogen-bond donors (Lipinski definition) is 1. The quantitative estimate of drug-likeness (QED) is 0.932. The zero-order chi connectivity index (χ0) is 14.9. The van der Waals surface area contributed by atoms with Crippen LogP contribution in [0.1, 0.15) is 25.8 Å². The van der Waals surface area contributed by atoms with Crippen molar-refractivity contribution in [1.29, 1.82) is 0 Å². The van der Waals surface area contributed by atoms with Crippen molar-refractivity contribution < 1.29 is 13.5 Å². The average molecular weight is 318 g/mol. The van der Waals surface area contributed by atoms with E-state index in [9.17, 15) is 13.5 Å². The molecule has 0 spiro atoms. The van der Waals surface area contributed by atoms with Crippen LogP contribution in [0.4, 0.5) is 0 Å². The van der Waals surface area contributed by atoms with Gasteiger partial charge < -0.3 is 5.11 Å². The zero-order valence-corrected chi connectivity index (χ0v) is 13.3. The molecule has 2 unspecified atom stereocenters. The van der Waals surface area contributed by atoms with E-state index in [1.54, 1.807) is 0 Å². The third-order valence-corrected chi connectivity index (χ3v) is 6.35. The largest absolute Gasteiger partial charge is 0.392 e. The van der Waals surface area contributed by atoms with Crippen LogP contribution in [0.5, 0.6) is 0 Å². The molecule has 112 valence electrons. The van der Waals surface area contributed by atoms with Gasteiger partial charge in [-0.25, -0.2) is 8.42 Å². The van der Waals surface area contributed by atoms with Crippen molar-refractivity contribution >= 4 is 21.6 Å². The van der Waals surface area contributed by atoms with E-state index >= 15 is 0 Å². The summed E-state index contributed by atoms with van der Waals surface area (Å²) in [5, 5.41) is 9.58. The van der Waals surface area contributed by atoms with E-state index in [0.29, 0.717) is 35.5 Å². The Morgan fingerprint density at radius 3 is 2.65 bits per heavy atom. The summed E-state index contributed by atoms with van der Waals surface area (Å²) in [5.74, 6) is 0.891. The van der Waals surface area contributed by atoms with Crippen LogP contribution >= 0.6 is 11.6 Å². The van der Waals surface area contributed by atoms with Gasteiger partial charge in [-0.15, -0.1) is 0 Å². The van der Waals surface area contributed by atoms with Crippen LogP contribution in [-0.2, 0) is 16.6 Å². The number of halogens is 1. The van der Waals surface area contributed by atoms with Crippen molar-refractivity contribution in [2.45, 2.75) is 31.8 Å². The first kappa shape index (κ1) is 15.8. The van der Waals surface area contributed by atoms with Gasteiger partial charge in [0.15, 0.2) is 0 Å². The maximum Gasteiger partial charge on any atom is 0.243 e. The van der Waals surface area contributed by atoms with Crippen molar-refractivity contribution in [3.63, 3.8) is 0 Å². The summed E-state index contributed by atoms with van der Waals surface area (Å²) in [6.45, 7) is 5.05. The van der Waals surface area contributed by atoms with Crippen LogP contribution in [0.15, 0.2) is 23.1 Å². The molecule has 4 nitrogen and oxygen atoms in total. The van der Waals surface area contributed by atoms with Gasteiger partial charge in [0, 0.05) is 18.1 Å². The van der Waals surface area contributed by atoms with Crippen molar-refractivity contribution in [3.05, 3.63) is 28.8 Å². The molecule has 1 aliphatic rings. The van der Waals surface area contributed by atoms with E-state index in [-0.39, 0.29) is 11.5 Å². The minimum Gasteiger partial charge on any atom is -0.392 e. The molecule has 0 amide bonds. The lowest BCUT2D eigenvalue weighted by molar-refractivity contribution is 0.212. The van der Waals surface area contributed by atoms with Gasteiger partial charge in [0.05, 0.1) is 11.5 Å². The van der Waals surface area contributed by atoms with Gasteiger partial charge in [-0.3, -0.25) is 0 Å². The molecule has 1 heterocycles. The molecule has 1 saturated heterocycles. The number of piperidine rings is 1. The van der Waals surface area contributed by atoms with Crippen molar-refractivity contribution in [2.75, 3.05) is 13.1 Å². The smallest absolute Gasteiger partial charge is 0.243 e. The van der Waals surface area contributed by atoms with E-state index in [4.69, 9.17) is 11.6 Å². The van der Waals surface area contributed by atoms with Crippen LogP contribution in [0, 0.1) is 11.8 Å². The summed E-state index contributed by atoms with van der Waals surface area (Å²) in [4.78, 5) is 0.202. The molecule has 0 aromatic heterocycles. The lowest BCUT2D eigenvalue weighted by atomic mass is 9.90. The van der Waals surface area contributed by atoms with Crippen LogP contribution < -0.4 is 0 Å². The molecule has 2 rings (SSSR count). The fourth-order valence-corrected chi connectivity index (χ4v) is 4.21. The van der Waals surface area contributed by atoms with Gasteiger partial charge >= 0.3 is 0 Å². The molecule has 0 bridgehead atoms. The molecule has 20 heavy (non-hydrogen) atoms. The third-order valence-electron chi connectivity index (χ3n) is 4.12. The van der Waals surface area contributed by atoms with Gasteiger partial charge in [0.1, 0.15) is 0 Å². The number of aliphatic hydroxyl groups is 1. The molecule has 1 aromatic rings. The highest BCUT2D eigenvalue weighted by molar-refractivity contribution is 7.89. The Kier molecular flexibility index (Phi) is 4.74. The zero-order valence-electron chi connectivity index (χ0n) is 11.7.